The third-order valence-corrected chi connectivity index (χ3v) is 4.49. The van der Waals surface area contributed by atoms with Crippen molar-refractivity contribution in [1.29, 1.82) is 5.26 Å². The molecule has 0 atom stereocenters. The molecule has 0 fully saturated rings. The number of carbonyl (C=O) groups is 1. The smallest absolute Gasteiger partial charge is 0.264 e. The number of nitrogen functional groups attached to an aromatic ring is 1. The van der Waals surface area contributed by atoms with E-state index in [0.29, 0.717) is 22.0 Å². The van der Waals surface area contributed by atoms with Crippen LogP contribution in [0.1, 0.15) is 10.4 Å². The lowest BCUT2D eigenvalue weighted by Crippen LogP contribution is -2.35. The molecule has 1 aliphatic rings. The van der Waals surface area contributed by atoms with E-state index >= 15 is 0 Å². The molecule has 0 bridgehead atoms. The molecular weight excluding hydrogens is 286 g/mol. The second-order valence-corrected chi connectivity index (χ2v) is 6.06. The van der Waals surface area contributed by atoms with E-state index in [1.807, 2.05) is 25.1 Å². The number of rotatable bonds is 1. The monoisotopic (exact) mass is 299 g/mol. The molecule has 3 rings (SSSR count). The van der Waals surface area contributed by atoms with E-state index in [-0.39, 0.29) is 12.5 Å². The molecular formula is C15H13N3O2S. The van der Waals surface area contributed by atoms with Gasteiger partial charge in [0.1, 0.15) is 16.8 Å². The molecule has 5 nitrogen and oxygen atoms in total. The highest BCUT2D eigenvalue weighted by molar-refractivity contribution is 7.16. The van der Waals surface area contributed by atoms with Crippen LogP contribution in [-0.4, -0.2) is 19.6 Å². The van der Waals surface area contributed by atoms with Gasteiger partial charge in [0, 0.05) is 17.5 Å². The van der Waals surface area contributed by atoms with Gasteiger partial charge in [0.05, 0.1) is 11.3 Å². The van der Waals surface area contributed by atoms with E-state index in [1.165, 1.54) is 11.3 Å². The Morgan fingerprint density at radius 2 is 2.24 bits per heavy atom. The molecule has 2 heterocycles. The number of nitrogens with zero attached hydrogens (tertiary/aromatic N) is 2. The van der Waals surface area contributed by atoms with E-state index in [0.717, 1.165) is 16.0 Å². The summed E-state index contributed by atoms with van der Waals surface area (Å²) < 4.78 is 5.41. The van der Waals surface area contributed by atoms with Crippen molar-refractivity contribution in [2.24, 2.45) is 0 Å². The van der Waals surface area contributed by atoms with Crippen LogP contribution in [0.2, 0.25) is 0 Å². The van der Waals surface area contributed by atoms with E-state index in [1.54, 1.807) is 11.9 Å². The molecule has 1 aliphatic heterocycles. The Labute approximate surface area is 126 Å². The number of carbonyl (C=O) groups excluding carboxylic acids is 1. The van der Waals surface area contributed by atoms with Gasteiger partial charge in [0.15, 0.2) is 6.61 Å². The van der Waals surface area contributed by atoms with Crippen molar-refractivity contribution in [1.82, 2.24) is 0 Å². The molecule has 21 heavy (non-hydrogen) atoms. The van der Waals surface area contributed by atoms with Crippen LogP contribution in [0.25, 0.3) is 11.1 Å². The minimum absolute atomic E-state index is 0.0523. The largest absolute Gasteiger partial charge is 0.482 e. The summed E-state index contributed by atoms with van der Waals surface area (Å²) >= 11 is 1.40. The average molecular weight is 299 g/mol. The first-order valence-electron chi connectivity index (χ1n) is 6.35. The van der Waals surface area contributed by atoms with E-state index in [4.69, 9.17) is 10.5 Å². The van der Waals surface area contributed by atoms with Crippen LogP contribution < -0.4 is 15.4 Å². The minimum Gasteiger partial charge on any atom is -0.482 e. The third kappa shape index (κ3) is 2.03. The highest BCUT2D eigenvalue weighted by atomic mass is 32.1. The molecule has 0 aliphatic carbocycles. The summed E-state index contributed by atoms with van der Waals surface area (Å²) in [6.45, 7) is 1.98. The molecule has 0 unspecified atom stereocenters. The number of likely N-dealkylation sites (N-methyl/N-ethyl adjacent to an activating group) is 1. The molecule has 0 spiro atoms. The third-order valence-electron chi connectivity index (χ3n) is 3.56. The number of amides is 1. The average Bonchev–Trinajstić information content (AvgIpc) is 2.76. The lowest BCUT2D eigenvalue weighted by molar-refractivity contribution is -0.120. The highest BCUT2D eigenvalue weighted by Gasteiger charge is 2.24. The van der Waals surface area contributed by atoms with E-state index < -0.39 is 0 Å². The lowest BCUT2D eigenvalue weighted by Gasteiger charge is -2.26. The Morgan fingerprint density at radius 1 is 1.48 bits per heavy atom. The number of aryl methyl sites for hydroxylation is 1. The zero-order chi connectivity index (χ0) is 15.1. The van der Waals surface area contributed by atoms with Gasteiger partial charge in [0.25, 0.3) is 5.91 Å². The zero-order valence-electron chi connectivity index (χ0n) is 11.6. The van der Waals surface area contributed by atoms with Gasteiger partial charge >= 0.3 is 0 Å². The van der Waals surface area contributed by atoms with Gasteiger partial charge in [-0.05, 0) is 24.6 Å². The molecule has 0 saturated carbocycles. The minimum atomic E-state index is -0.0956. The Kier molecular flexibility index (Phi) is 3.07. The maximum absolute atomic E-state index is 11.7. The second-order valence-electron chi connectivity index (χ2n) is 4.81. The Bertz CT molecular complexity index is 789. The summed E-state index contributed by atoms with van der Waals surface area (Å²) in [5, 5.41) is 9.81. The number of fused-ring (bicyclic) bond motifs is 1. The molecule has 0 saturated heterocycles. The predicted molar refractivity (Wildman–Crippen MR) is 82.5 cm³/mol. The van der Waals surface area contributed by atoms with Crippen LogP contribution in [0.15, 0.2) is 18.2 Å². The fourth-order valence-corrected chi connectivity index (χ4v) is 3.35. The summed E-state index contributed by atoms with van der Waals surface area (Å²) in [4.78, 5) is 14.3. The van der Waals surface area contributed by atoms with Gasteiger partial charge in [-0.15, -0.1) is 11.3 Å². The SMILES string of the molecule is Cc1sc(N)c(C#N)c1-c1ccc2c(c1)N(C)C(=O)CO2. The number of nitrogens with two attached hydrogens (primary N) is 1. The van der Waals surface area contributed by atoms with Crippen molar-refractivity contribution >= 4 is 27.9 Å². The quantitative estimate of drug-likeness (QED) is 0.877. The summed E-state index contributed by atoms with van der Waals surface area (Å²) in [6.07, 6.45) is 0. The first-order chi connectivity index (χ1) is 10.0. The van der Waals surface area contributed by atoms with Crippen LogP contribution in [0.3, 0.4) is 0 Å². The van der Waals surface area contributed by atoms with E-state index in [2.05, 4.69) is 6.07 Å². The molecule has 1 aromatic heterocycles. The number of benzene rings is 1. The van der Waals surface area contributed by atoms with Crippen molar-refractivity contribution in [3.05, 3.63) is 28.6 Å². The zero-order valence-corrected chi connectivity index (χ0v) is 12.5. The number of ether oxygens (including phenoxy) is 1. The summed E-state index contributed by atoms with van der Waals surface area (Å²) in [7, 11) is 1.72. The molecule has 106 valence electrons. The lowest BCUT2D eigenvalue weighted by atomic mass is 10.0. The van der Waals surface area contributed by atoms with Gasteiger partial charge in [-0.3, -0.25) is 4.79 Å². The van der Waals surface area contributed by atoms with Crippen molar-refractivity contribution in [3.63, 3.8) is 0 Å². The Morgan fingerprint density at radius 3 is 2.95 bits per heavy atom. The molecule has 2 aromatic rings. The predicted octanol–water partition coefficient (Wildman–Crippen LogP) is 2.53. The Balaban J connectivity index is 2.18. The number of hydrogen-bond donors (Lipinski definition) is 1. The topological polar surface area (TPSA) is 79.4 Å². The maximum Gasteiger partial charge on any atom is 0.264 e. The van der Waals surface area contributed by atoms with Crippen molar-refractivity contribution in [3.8, 4) is 22.9 Å². The molecule has 1 aromatic carbocycles. The van der Waals surface area contributed by atoms with Gasteiger partial charge in [-0.1, -0.05) is 6.07 Å². The van der Waals surface area contributed by atoms with Gasteiger partial charge in [-0.25, -0.2) is 0 Å². The van der Waals surface area contributed by atoms with Gasteiger partial charge in [0.2, 0.25) is 0 Å². The first-order valence-corrected chi connectivity index (χ1v) is 7.17. The maximum atomic E-state index is 11.7. The molecule has 6 heteroatoms. The number of hydrogen-bond acceptors (Lipinski definition) is 5. The number of thiophene rings is 1. The van der Waals surface area contributed by atoms with Gasteiger partial charge < -0.3 is 15.4 Å². The van der Waals surface area contributed by atoms with Crippen molar-refractivity contribution in [2.45, 2.75) is 6.92 Å². The molecule has 1 amide bonds. The Hall–Kier alpha value is -2.52. The number of anilines is 2. The first kappa shape index (κ1) is 13.5. The van der Waals surface area contributed by atoms with Crippen molar-refractivity contribution in [2.75, 3.05) is 24.3 Å². The molecule has 2 N–H and O–H groups in total. The van der Waals surface area contributed by atoms with Crippen LogP contribution in [0.4, 0.5) is 10.7 Å². The standard InChI is InChI=1S/C15H13N3O2S/c1-8-14(10(6-16)15(17)21-8)9-3-4-12-11(5-9)18(2)13(19)7-20-12/h3-5H,7,17H2,1-2H3. The van der Waals surface area contributed by atoms with Gasteiger partial charge in [-0.2, -0.15) is 5.26 Å². The van der Waals surface area contributed by atoms with Crippen molar-refractivity contribution < 1.29 is 9.53 Å². The van der Waals surface area contributed by atoms with Crippen LogP contribution >= 0.6 is 11.3 Å². The normalized spacial score (nSPS) is 13.6. The van der Waals surface area contributed by atoms with Crippen LogP contribution in [0, 0.1) is 18.3 Å². The summed E-state index contributed by atoms with van der Waals surface area (Å²) in [5.41, 5.74) is 8.77. The second kappa shape index (κ2) is 4.79. The number of nitriles is 1. The molecule has 0 radical (unpaired) electrons. The van der Waals surface area contributed by atoms with Crippen LogP contribution in [-0.2, 0) is 4.79 Å². The fraction of sp³-hybridized carbons (Fsp3) is 0.200. The van der Waals surface area contributed by atoms with E-state index in [9.17, 15) is 10.1 Å². The van der Waals surface area contributed by atoms with Crippen LogP contribution in [0.5, 0.6) is 5.75 Å². The highest BCUT2D eigenvalue weighted by Crippen LogP contribution is 2.41. The summed E-state index contributed by atoms with van der Waals surface area (Å²) in [5.74, 6) is 0.571. The fourth-order valence-electron chi connectivity index (χ4n) is 2.45. The summed E-state index contributed by atoms with van der Waals surface area (Å²) in [6, 6.07) is 7.73.